The molecule has 1 heterocycles. The molecule has 1 aromatic rings. The molecule has 2 N–H and O–H groups in total. The van der Waals surface area contributed by atoms with Gasteiger partial charge in [0.15, 0.2) is 0 Å². The molecule has 0 aliphatic carbocycles. The molecule has 0 amide bonds. The molecular formula is C13H24N4. The van der Waals surface area contributed by atoms with Crippen LogP contribution in [0.1, 0.15) is 46.0 Å². The van der Waals surface area contributed by atoms with E-state index in [1.807, 2.05) is 13.1 Å². The fourth-order valence-corrected chi connectivity index (χ4v) is 1.87. The number of anilines is 2. The predicted molar refractivity (Wildman–Crippen MR) is 73.4 cm³/mol. The van der Waals surface area contributed by atoms with Gasteiger partial charge in [-0.3, -0.25) is 0 Å². The van der Waals surface area contributed by atoms with Crippen molar-refractivity contribution in [3.63, 3.8) is 0 Å². The summed E-state index contributed by atoms with van der Waals surface area (Å²) in [7, 11) is 1.87. The van der Waals surface area contributed by atoms with E-state index in [1.165, 1.54) is 32.1 Å². The molecule has 0 aliphatic heterocycles. The summed E-state index contributed by atoms with van der Waals surface area (Å²) in [5.41, 5.74) is 0. The Morgan fingerprint density at radius 1 is 1.12 bits per heavy atom. The van der Waals surface area contributed by atoms with Crippen molar-refractivity contribution < 1.29 is 0 Å². The zero-order valence-corrected chi connectivity index (χ0v) is 11.2. The first-order valence-corrected chi connectivity index (χ1v) is 6.56. The van der Waals surface area contributed by atoms with E-state index in [9.17, 15) is 0 Å². The molecular weight excluding hydrogens is 212 g/mol. The lowest BCUT2D eigenvalue weighted by molar-refractivity contribution is 0.563. The topological polar surface area (TPSA) is 49.8 Å². The average molecular weight is 236 g/mol. The molecule has 17 heavy (non-hydrogen) atoms. The largest absolute Gasteiger partial charge is 0.373 e. The SMILES string of the molecule is CCCCC(CCC)Nc1cc(NC)ncn1. The van der Waals surface area contributed by atoms with Gasteiger partial charge >= 0.3 is 0 Å². The van der Waals surface area contributed by atoms with Gasteiger partial charge in [0.05, 0.1) is 0 Å². The second-order valence-electron chi connectivity index (χ2n) is 4.31. The fourth-order valence-electron chi connectivity index (χ4n) is 1.87. The summed E-state index contributed by atoms with van der Waals surface area (Å²) < 4.78 is 0. The zero-order valence-electron chi connectivity index (χ0n) is 11.2. The first kappa shape index (κ1) is 13.7. The summed E-state index contributed by atoms with van der Waals surface area (Å²) in [5.74, 6) is 1.77. The normalized spacial score (nSPS) is 12.2. The summed E-state index contributed by atoms with van der Waals surface area (Å²) in [4.78, 5) is 8.37. The fraction of sp³-hybridized carbons (Fsp3) is 0.692. The third kappa shape index (κ3) is 5.02. The highest BCUT2D eigenvalue weighted by Crippen LogP contribution is 2.14. The Hall–Kier alpha value is -1.32. The van der Waals surface area contributed by atoms with Crippen LogP contribution in [0, 0.1) is 0 Å². The Morgan fingerprint density at radius 2 is 1.88 bits per heavy atom. The van der Waals surface area contributed by atoms with Crippen molar-refractivity contribution in [2.75, 3.05) is 17.7 Å². The molecule has 0 spiro atoms. The van der Waals surface area contributed by atoms with Crippen LogP contribution in [0.15, 0.2) is 12.4 Å². The molecule has 0 bridgehead atoms. The molecule has 0 radical (unpaired) electrons. The van der Waals surface area contributed by atoms with Crippen molar-refractivity contribution in [3.05, 3.63) is 12.4 Å². The van der Waals surface area contributed by atoms with Gasteiger partial charge in [0, 0.05) is 19.2 Å². The number of aromatic nitrogens is 2. The Labute approximate surface area is 104 Å². The van der Waals surface area contributed by atoms with Crippen LogP contribution in [0.2, 0.25) is 0 Å². The van der Waals surface area contributed by atoms with Gasteiger partial charge in [0.2, 0.25) is 0 Å². The second-order valence-corrected chi connectivity index (χ2v) is 4.31. The number of nitrogens with one attached hydrogen (secondary N) is 2. The molecule has 0 fully saturated rings. The minimum Gasteiger partial charge on any atom is -0.373 e. The molecule has 96 valence electrons. The van der Waals surface area contributed by atoms with E-state index in [0.29, 0.717) is 6.04 Å². The highest BCUT2D eigenvalue weighted by molar-refractivity contribution is 5.46. The molecule has 0 saturated heterocycles. The van der Waals surface area contributed by atoms with Gasteiger partial charge in [-0.15, -0.1) is 0 Å². The zero-order chi connectivity index (χ0) is 12.5. The van der Waals surface area contributed by atoms with Crippen LogP contribution in [0.25, 0.3) is 0 Å². The summed E-state index contributed by atoms with van der Waals surface area (Å²) in [6, 6.07) is 2.48. The highest BCUT2D eigenvalue weighted by Gasteiger charge is 2.08. The van der Waals surface area contributed by atoms with Gasteiger partial charge < -0.3 is 10.6 Å². The van der Waals surface area contributed by atoms with Crippen LogP contribution >= 0.6 is 0 Å². The third-order valence-electron chi connectivity index (χ3n) is 2.82. The number of hydrogen-bond acceptors (Lipinski definition) is 4. The quantitative estimate of drug-likeness (QED) is 0.727. The number of rotatable bonds is 8. The van der Waals surface area contributed by atoms with E-state index in [4.69, 9.17) is 0 Å². The summed E-state index contributed by atoms with van der Waals surface area (Å²) in [5, 5.41) is 6.52. The van der Waals surface area contributed by atoms with Crippen LogP contribution in [-0.2, 0) is 0 Å². The van der Waals surface area contributed by atoms with Crippen LogP contribution < -0.4 is 10.6 Å². The Morgan fingerprint density at radius 3 is 2.53 bits per heavy atom. The number of hydrogen-bond donors (Lipinski definition) is 2. The van der Waals surface area contributed by atoms with Gasteiger partial charge in [0.25, 0.3) is 0 Å². The van der Waals surface area contributed by atoms with Gasteiger partial charge in [-0.25, -0.2) is 9.97 Å². The first-order chi connectivity index (χ1) is 8.30. The van der Waals surface area contributed by atoms with E-state index in [0.717, 1.165) is 11.6 Å². The molecule has 1 rings (SSSR count). The molecule has 0 saturated carbocycles. The number of nitrogens with zero attached hydrogens (tertiary/aromatic N) is 2. The Bertz CT molecular complexity index is 314. The lowest BCUT2D eigenvalue weighted by Crippen LogP contribution is -2.20. The van der Waals surface area contributed by atoms with Gasteiger partial charge in [-0.05, 0) is 12.8 Å². The van der Waals surface area contributed by atoms with Crippen molar-refractivity contribution in [1.82, 2.24) is 9.97 Å². The second kappa shape index (κ2) is 7.87. The predicted octanol–water partition coefficient (Wildman–Crippen LogP) is 3.29. The Kier molecular flexibility index (Phi) is 6.37. The Balaban J connectivity index is 2.57. The van der Waals surface area contributed by atoms with Crippen molar-refractivity contribution in [1.29, 1.82) is 0 Å². The van der Waals surface area contributed by atoms with E-state index in [2.05, 4.69) is 34.4 Å². The molecule has 1 unspecified atom stereocenters. The molecule has 0 aromatic carbocycles. The van der Waals surface area contributed by atoms with Gasteiger partial charge in [-0.2, -0.15) is 0 Å². The van der Waals surface area contributed by atoms with Gasteiger partial charge in [0.1, 0.15) is 18.0 Å². The molecule has 1 atom stereocenters. The van der Waals surface area contributed by atoms with E-state index < -0.39 is 0 Å². The van der Waals surface area contributed by atoms with Crippen LogP contribution in [-0.4, -0.2) is 23.1 Å². The van der Waals surface area contributed by atoms with Crippen LogP contribution in [0.5, 0.6) is 0 Å². The smallest absolute Gasteiger partial charge is 0.131 e. The first-order valence-electron chi connectivity index (χ1n) is 6.56. The van der Waals surface area contributed by atoms with Crippen molar-refractivity contribution in [2.45, 2.75) is 52.0 Å². The standard InChI is InChI=1S/C13H24N4/c1-4-6-8-11(7-5-2)17-13-9-12(14-3)15-10-16-13/h9-11H,4-8H2,1-3H3,(H2,14,15,16,17). The maximum Gasteiger partial charge on any atom is 0.131 e. The lowest BCUT2D eigenvalue weighted by Gasteiger charge is -2.18. The van der Waals surface area contributed by atoms with Crippen molar-refractivity contribution in [3.8, 4) is 0 Å². The van der Waals surface area contributed by atoms with E-state index in [1.54, 1.807) is 6.33 Å². The minimum absolute atomic E-state index is 0.527. The summed E-state index contributed by atoms with van der Waals surface area (Å²) in [6.45, 7) is 4.45. The summed E-state index contributed by atoms with van der Waals surface area (Å²) >= 11 is 0. The van der Waals surface area contributed by atoms with Gasteiger partial charge in [-0.1, -0.05) is 33.1 Å². The molecule has 4 nitrogen and oxygen atoms in total. The molecule has 4 heteroatoms. The van der Waals surface area contributed by atoms with E-state index in [-0.39, 0.29) is 0 Å². The average Bonchev–Trinajstić information content (AvgIpc) is 2.36. The van der Waals surface area contributed by atoms with Crippen molar-refractivity contribution >= 4 is 11.6 Å². The maximum atomic E-state index is 4.26. The molecule has 1 aromatic heterocycles. The third-order valence-corrected chi connectivity index (χ3v) is 2.82. The highest BCUT2D eigenvalue weighted by atomic mass is 15.1. The number of unbranched alkanes of at least 4 members (excludes halogenated alkanes) is 1. The van der Waals surface area contributed by atoms with E-state index >= 15 is 0 Å². The van der Waals surface area contributed by atoms with Crippen molar-refractivity contribution in [2.24, 2.45) is 0 Å². The monoisotopic (exact) mass is 236 g/mol. The minimum atomic E-state index is 0.527. The lowest BCUT2D eigenvalue weighted by atomic mass is 10.1. The molecule has 0 aliphatic rings. The van der Waals surface area contributed by atoms with Crippen LogP contribution in [0.4, 0.5) is 11.6 Å². The summed E-state index contributed by atoms with van der Waals surface area (Å²) in [6.07, 6.45) is 7.71. The van der Waals surface area contributed by atoms with Crippen LogP contribution in [0.3, 0.4) is 0 Å². The maximum absolute atomic E-state index is 4.26.